The van der Waals surface area contributed by atoms with Crippen molar-refractivity contribution in [3.8, 4) is 17.0 Å². The van der Waals surface area contributed by atoms with E-state index in [1.165, 1.54) is 11.1 Å². The molecule has 1 saturated heterocycles. The first-order valence-corrected chi connectivity index (χ1v) is 12.2. The summed E-state index contributed by atoms with van der Waals surface area (Å²) in [4.78, 5) is 11.8. The maximum absolute atomic E-state index is 6.63. The molecule has 6 rings (SSSR count). The van der Waals surface area contributed by atoms with Crippen LogP contribution in [0.5, 0.6) is 5.75 Å². The summed E-state index contributed by atoms with van der Waals surface area (Å²) in [7, 11) is 1.74. The minimum Gasteiger partial charge on any atom is -0.497 e. The average Bonchev–Trinajstić information content (AvgIpc) is 3.45. The van der Waals surface area contributed by atoms with E-state index in [0.717, 1.165) is 78.5 Å². The van der Waals surface area contributed by atoms with Gasteiger partial charge in [0.05, 0.1) is 35.4 Å². The van der Waals surface area contributed by atoms with E-state index in [2.05, 4.69) is 39.2 Å². The van der Waals surface area contributed by atoms with Crippen LogP contribution < -0.4 is 9.64 Å². The van der Waals surface area contributed by atoms with E-state index >= 15 is 0 Å². The van der Waals surface area contributed by atoms with Crippen LogP contribution in [0.15, 0.2) is 42.7 Å². The van der Waals surface area contributed by atoms with Crippen LogP contribution in [0.3, 0.4) is 0 Å². The molecule has 0 saturated carbocycles. The zero-order chi connectivity index (χ0) is 23.4. The van der Waals surface area contributed by atoms with Crippen molar-refractivity contribution < 1.29 is 4.74 Å². The molecule has 0 bridgehead atoms. The quantitative estimate of drug-likeness (QED) is 0.395. The largest absolute Gasteiger partial charge is 0.497 e. The number of halogens is 1. The molecule has 4 aromatic rings. The van der Waals surface area contributed by atoms with Gasteiger partial charge in [-0.25, -0.2) is 9.50 Å². The van der Waals surface area contributed by atoms with E-state index in [1.807, 2.05) is 30.6 Å². The number of rotatable bonds is 3. The van der Waals surface area contributed by atoms with Gasteiger partial charge in [-0.1, -0.05) is 17.7 Å². The number of pyridine rings is 1. The number of piperidine rings is 1. The zero-order valence-electron chi connectivity index (χ0n) is 19.8. The second-order valence-electron chi connectivity index (χ2n) is 9.73. The molecule has 1 aliphatic carbocycles. The number of anilines is 1. The summed E-state index contributed by atoms with van der Waals surface area (Å²) < 4.78 is 7.44. The fourth-order valence-corrected chi connectivity index (χ4v) is 6.03. The molecule has 3 aromatic heterocycles. The lowest BCUT2D eigenvalue weighted by atomic mass is 9.76. The molecule has 34 heavy (non-hydrogen) atoms. The molecule has 2 aliphatic rings. The van der Waals surface area contributed by atoms with Crippen molar-refractivity contribution in [1.82, 2.24) is 19.6 Å². The van der Waals surface area contributed by atoms with Gasteiger partial charge in [0.2, 0.25) is 0 Å². The first kappa shape index (κ1) is 21.4. The van der Waals surface area contributed by atoms with Gasteiger partial charge in [0.15, 0.2) is 5.82 Å². The van der Waals surface area contributed by atoms with E-state index in [4.69, 9.17) is 21.3 Å². The molecule has 1 aliphatic heterocycles. The smallest absolute Gasteiger partial charge is 0.155 e. The Labute approximate surface area is 204 Å². The standard InChI is InChI=1S/C27H28ClN5O/c1-17-24(28)22(6-10-29-17)25-18(2)31-26(23-7-11-30-33(23)25)32-12-8-27(9-13-32)15-19-4-5-21(34-3)14-20(19)16-27/h4-7,10-11,14H,8-9,12-13,15-16H2,1-3H3. The lowest BCUT2D eigenvalue weighted by Gasteiger charge is -2.40. The van der Waals surface area contributed by atoms with Crippen molar-refractivity contribution in [3.63, 3.8) is 0 Å². The average molecular weight is 474 g/mol. The molecule has 0 atom stereocenters. The van der Waals surface area contributed by atoms with Crippen molar-refractivity contribution in [1.29, 1.82) is 0 Å². The summed E-state index contributed by atoms with van der Waals surface area (Å²) in [5, 5.41) is 5.30. The van der Waals surface area contributed by atoms with Gasteiger partial charge in [0.1, 0.15) is 11.3 Å². The fraction of sp³-hybridized carbons (Fsp3) is 0.370. The monoisotopic (exact) mass is 473 g/mol. The Morgan fingerprint density at radius 1 is 0.971 bits per heavy atom. The van der Waals surface area contributed by atoms with Gasteiger partial charge < -0.3 is 9.64 Å². The highest BCUT2D eigenvalue weighted by Crippen LogP contribution is 2.46. The molecule has 7 heteroatoms. The van der Waals surface area contributed by atoms with Crippen LogP contribution >= 0.6 is 11.6 Å². The fourth-order valence-electron chi connectivity index (χ4n) is 5.83. The number of ether oxygens (including phenoxy) is 1. The number of nitrogens with zero attached hydrogens (tertiary/aromatic N) is 5. The molecular weight excluding hydrogens is 446 g/mol. The summed E-state index contributed by atoms with van der Waals surface area (Å²) in [5.74, 6) is 1.97. The molecule has 1 fully saturated rings. The third-order valence-corrected chi connectivity index (χ3v) is 8.16. The van der Waals surface area contributed by atoms with Gasteiger partial charge >= 0.3 is 0 Å². The molecule has 1 aromatic carbocycles. The van der Waals surface area contributed by atoms with Crippen molar-refractivity contribution in [2.45, 2.75) is 39.5 Å². The maximum Gasteiger partial charge on any atom is 0.155 e. The lowest BCUT2D eigenvalue weighted by Crippen LogP contribution is -2.41. The van der Waals surface area contributed by atoms with Crippen LogP contribution in [0.25, 0.3) is 16.8 Å². The first-order valence-electron chi connectivity index (χ1n) is 11.8. The van der Waals surface area contributed by atoms with Crippen molar-refractivity contribution in [2.24, 2.45) is 5.41 Å². The molecule has 4 heterocycles. The van der Waals surface area contributed by atoms with E-state index < -0.39 is 0 Å². The molecule has 0 radical (unpaired) electrons. The molecule has 174 valence electrons. The van der Waals surface area contributed by atoms with Crippen LogP contribution in [0.4, 0.5) is 5.82 Å². The lowest BCUT2D eigenvalue weighted by molar-refractivity contribution is 0.232. The number of fused-ring (bicyclic) bond motifs is 2. The van der Waals surface area contributed by atoms with Gasteiger partial charge in [0.25, 0.3) is 0 Å². The molecule has 0 unspecified atom stereocenters. The Morgan fingerprint density at radius 3 is 2.56 bits per heavy atom. The van der Waals surface area contributed by atoms with Crippen LogP contribution in [0.2, 0.25) is 5.02 Å². The molecule has 6 nitrogen and oxygen atoms in total. The zero-order valence-corrected chi connectivity index (χ0v) is 20.6. The Balaban J connectivity index is 1.30. The van der Waals surface area contributed by atoms with Crippen molar-refractivity contribution in [3.05, 3.63) is 70.3 Å². The number of hydrogen-bond acceptors (Lipinski definition) is 5. The van der Waals surface area contributed by atoms with Gasteiger partial charge in [-0.3, -0.25) is 4.98 Å². The van der Waals surface area contributed by atoms with E-state index in [9.17, 15) is 0 Å². The minimum atomic E-state index is 0.346. The SMILES string of the molecule is COc1ccc2c(c1)CC1(CCN(c3nc(C)c(-c4ccnc(C)c4Cl)n4nccc34)CC1)C2. The number of aryl methyl sites for hydroxylation is 2. The maximum atomic E-state index is 6.63. The highest BCUT2D eigenvalue weighted by molar-refractivity contribution is 6.33. The third-order valence-electron chi connectivity index (χ3n) is 7.69. The molecular formula is C27H28ClN5O. The van der Waals surface area contributed by atoms with Crippen molar-refractivity contribution >= 4 is 22.9 Å². The Bertz CT molecular complexity index is 1400. The van der Waals surface area contributed by atoms with Crippen LogP contribution in [0, 0.1) is 19.3 Å². The number of methoxy groups -OCH3 is 1. The van der Waals surface area contributed by atoms with E-state index in [0.29, 0.717) is 10.4 Å². The molecule has 1 spiro atoms. The second-order valence-corrected chi connectivity index (χ2v) is 10.1. The summed E-state index contributed by atoms with van der Waals surface area (Å²) >= 11 is 6.63. The van der Waals surface area contributed by atoms with Gasteiger partial charge in [0, 0.05) is 24.8 Å². The van der Waals surface area contributed by atoms with Gasteiger partial charge in [-0.2, -0.15) is 5.10 Å². The Kier molecular flexibility index (Phi) is 5.03. The van der Waals surface area contributed by atoms with Gasteiger partial charge in [-0.15, -0.1) is 0 Å². The highest BCUT2D eigenvalue weighted by atomic mass is 35.5. The summed E-state index contributed by atoms with van der Waals surface area (Å²) in [6.07, 6.45) is 8.24. The van der Waals surface area contributed by atoms with Gasteiger partial charge in [-0.05, 0) is 80.3 Å². The van der Waals surface area contributed by atoms with E-state index in [1.54, 1.807) is 13.3 Å². The summed E-state index contributed by atoms with van der Waals surface area (Å²) in [6, 6.07) is 10.6. The Hall–Kier alpha value is -3.12. The topological polar surface area (TPSA) is 55.5 Å². The molecule has 0 N–H and O–H groups in total. The summed E-state index contributed by atoms with van der Waals surface area (Å²) in [5.41, 5.74) is 7.85. The van der Waals surface area contributed by atoms with Crippen LogP contribution in [0.1, 0.15) is 35.4 Å². The normalized spacial score (nSPS) is 16.9. The van der Waals surface area contributed by atoms with Crippen LogP contribution in [-0.4, -0.2) is 39.8 Å². The second kappa shape index (κ2) is 7.98. The number of benzene rings is 1. The minimum absolute atomic E-state index is 0.346. The number of hydrogen-bond donors (Lipinski definition) is 0. The summed E-state index contributed by atoms with van der Waals surface area (Å²) in [6.45, 7) is 5.95. The number of aromatic nitrogens is 4. The predicted molar refractivity (Wildman–Crippen MR) is 135 cm³/mol. The van der Waals surface area contributed by atoms with Crippen LogP contribution in [-0.2, 0) is 12.8 Å². The first-order chi connectivity index (χ1) is 16.5. The van der Waals surface area contributed by atoms with E-state index in [-0.39, 0.29) is 0 Å². The Morgan fingerprint density at radius 2 is 1.76 bits per heavy atom. The predicted octanol–water partition coefficient (Wildman–Crippen LogP) is 5.46. The van der Waals surface area contributed by atoms with Crippen molar-refractivity contribution in [2.75, 3.05) is 25.1 Å². The molecule has 0 amide bonds. The highest BCUT2D eigenvalue weighted by Gasteiger charge is 2.40. The third kappa shape index (κ3) is 3.35.